The highest BCUT2D eigenvalue weighted by atomic mass is 16.3. The van der Waals surface area contributed by atoms with Crippen LogP contribution in [0.5, 0.6) is 0 Å². The number of fused-ring (bicyclic) bond motifs is 1. The van der Waals surface area contributed by atoms with E-state index in [1.165, 1.54) is 0 Å². The number of aliphatic hydroxyl groups is 1. The number of aliphatic hydroxyl groups excluding tert-OH is 1. The molecule has 0 aliphatic carbocycles. The van der Waals surface area contributed by atoms with Gasteiger partial charge in [-0.2, -0.15) is 0 Å². The fourth-order valence-corrected chi connectivity index (χ4v) is 3.89. The summed E-state index contributed by atoms with van der Waals surface area (Å²) in [6.07, 6.45) is 1.48. The molecule has 4 rings (SSSR count). The first-order chi connectivity index (χ1) is 14.7. The highest BCUT2D eigenvalue weighted by Gasteiger charge is 2.27. The van der Waals surface area contributed by atoms with Gasteiger partial charge in [-0.15, -0.1) is 0 Å². The second-order valence-electron chi connectivity index (χ2n) is 7.72. The number of piperazine rings is 1. The average molecular weight is 405 g/mol. The summed E-state index contributed by atoms with van der Waals surface area (Å²) >= 11 is 0. The van der Waals surface area contributed by atoms with Crippen LogP contribution in [-0.2, 0) is 4.79 Å². The average Bonchev–Trinajstić information content (AvgIpc) is 2.82. The first kappa shape index (κ1) is 20.3. The van der Waals surface area contributed by atoms with Crippen molar-refractivity contribution < 1.29 is 9.90 Å². The number of aromatic nitrogens is 2. The summed E-state index contributed by atoms with van der Waals surface area (Å²) in [5, 5.41) is 11.2. The molecule has 2 heterocycles. The third kappa shape index (κ3) is 4.28. The van der Waals surface area contributed by atoms with Crippen molar-refractivity contribution in [3.8, 4) is 11.4 Å². The van der Waals surface area contributed by atoms with Gasteiger partial charge in [0.05, 0.1) is 5.52 Å². The lowest BCUT2D eigenvalue weighted by Crippen LogP contribution is -2.51. The minimum atomic E-state index is -0.888. The number of hydrogen-bond acceptors (Lipinski definition) is 5. The Morgan fingerprint density at radius 1 is 1.00 bits per heavy atom. The van der Waals surface area contributed by atoms with Gasteiger partial charge in [0.15, 0.2) is 5.82 Å². The van der Waals surface area contributed by atoms with Crippen molar-refractivity contribution >= 4 is 22.6 Å². The molecule has 0 saturated carbocycles. The maximum absolute atomic E-state index is 12.5. The molecule has 6 heteroatoms. The van der Waals surface area contributed by atoms with Crippen LogP contribution in [0.15, 0.2) is 54.6 Å². The molecule has 0 radical (unpaired) electrons. The van der Waals surface area contributed by atoms with E-state index in [4.69, 9.17) is 9.97 Å². The van der Waals surface area contributed by atoms with Crippen LogP contribution in [-0.4, -0.2) is 58.2 Å². The van der Waals surface area contributed by atoms with Gasteiger partial charge in [-0.3, -0.25) is 4.79 Å². The van der Waals surface area contributed by atoms with E-state index in [1.807, 2.05) is 54.6 Å². The van der Waals surface area contributed by atoms with Gasteiger partial charge < -0.3 is 14.9 Å². The second kappa shape index (κ2) is 9.22. The summed E-state index contributed by atoms with van der Waals surface area (Å²) in [5.74, 6) is 1.46. The van der Waals surface area contributed by atoms with Crippen LogP contribution in [0.3, 0.4) is 0 Å². The smallest absolute Gasteiger partial charge is 0.251 e. The normalized spacial score (nSPS) is 15.4. The van der Waals surface area contributed by atoms with E-state index in [1.54, 1.807) is 4.90 Å². The molecule has 6 nitrogen and oxygen atoms in total. The quantitative estimate of drug-likeness (QED) is 0.681. The number of carbonyl (C=O) groups is 1. The van der Waals surface area contributed by atoms with Gasteiger partial charge in [-0.05, 0) is 18.6 Å². The third-order valence-corrected chi connectivity index (χ3v) is 5.62. The maximum atomic E-state index is 12.5. The van der Waals surface area contributed by atoms with Gasteiger partial charge in [0.25, 0.3) is 5.91 Å². The SMILES string of the molecule is CCCCC(O)C(=O)N1CCN(c2nc(-c3ccccc3)nc3ccccc23)CC1. The summed E-state index contributed by atoms with van der Waals surface area (Å²) in [6, 6.07) is 18.0. The van der Waals surface area contributed by atoms with Crippen molar-refractivity contribution in [2.45, 2.75) is 32.3 Å². The van der Waals surface area contributed by atoms with Crippen molar-refractivity contribution in [1.82, 2.24) is 14.9 Å². The minimum absolute atomic E-state index is 0.152. The molecule has 156 valence electrons. The number of unbranched alkanes of at least 4 members (excludes halogenated alkanes) is 1. The number of rotatable bonds is 6. The zero-order valence-electron chi connectivity index (χ0n) is 17.4. The molecule has 0 bridgehead atoms. The molecular formula is C24H28N4O2. The number of carbonyl (C=O) groups excluding carboxylic acids is 1. The Morgan fingerprint density at radius 2 is 1.70 bits per heavy atom. The highest BCUT2D eigenvalue weighted by molar-refractivity contribution is 5.91. The van der Waals surface area contributed by atoms with Crippen molar-refractivity contribution in [1.29, 1.82) is 0 Å². The lowest BCUT2D eigenvalue weighted by molar-refractivity contribution is -0.140. The Labute approximate surface area is 177 Å². The molecular weight excluding hydrogens is 376 g/mol. The van der Waals surface area contributed by atoms with Crippen LogP contribution in [0.25, 0.3) is 22.3 Å². The van der Waals surface area contributed by atoms with Crippen molar-refractivity contribution in [3.63, 3.8) is 0 Å². The van der Waals surface area contributed by atoms with Crippen molar-refractivity contribution in [2.75, 3.05) is 31.1 Å². The van der Waals surface area contributed by atoms with E-state index in [0.717, 1.165) is 35.1 Å². The van der Waals surface area contributed by atoms with Crippen LogP contribution < -0.4 is 4.90 Å². The van der Waals surface area contributed by atoms with Gasteiger partial charge in [0, 0.05) is 37.1 Å². The van der Waals surface area contributed by atoms with Crippen LogP contribution in [0, 0.1) is 0 Å². The first-order valence-electron chi connectivity index (χ1n) is 10.7. The molecule has 1 fully saturated rings. The van der Waals surface area contributed by atoms with Gasteiger partial charge in [-0.25, -0.2) is 9.97 Å². The molecule has 1 atom stereocenters. The maximum Gasteiger partial charge on any atom is 0.251 e. The Kier molecular flexibility index (Phi) is 6.23. The number of para-hydroxylation sites is 1. The summed E-state index contributed by atoms with van der Waals surface area (Å²) in [5.41, 5.74) is 1.90. The monoisotopic (exact) mass is 404 g/mol. The molecule has 1 aliphatic heterocycles. The van der Waals surface area contributed by atoms with Crippen LogP contribution in [0.4, 0.5) is 5.82 Å². The summed E-state index contributed by atoms with van der Waals surface area (Å²) in [6.45, 7) is 4.59. The Bertz CT molecular complexity index is 1000. The minimum Gasteiger partial charge on any atom is -0.383 e. The van der Waals surface area contributed by atoms with E-state index in [0.29, 0.717) is 38.4 Å². The molecule has 1 aliphatic rings. The molecule has 1 N–H and O–H groups in total. The molecule has 30 heavy (non-hydrogen) atoms. The number of anilines is 1. The van der Waals surface area contributed by atoms with E-state index >= 15 is 0 Å². The lowest BCUT2D eigenvalue weighted by atomic mass is 10.1. The Hall–Kier alpha value is -2.99. The largest absolute Gasteiger partial charge is 0.383 e. The van der Waals surface area contributed by atoms with Crippen LogP contribution >= 0.6 is 0 Å². The standard InChI is InChI=1S/C24H28N4O2/c1-2-3-13-21(29)24(30)28-16-14-27(15-17-28)23-19-11-7-8-12-20(19)25-22(26-23)18-9-5-4-6-10-18/h4-12,21,29H,2-3,13-17H2,1H3. The molecule has 1 amide bonds. The first-order valence-corrected chi connectivity index (χ1v) is 10.7. The highest BCUT2D eigenvalue weighted by Crippen LogP contribution is 2.28. The zero-order chi connectivity index (χ0) is 20.9. The van der Waals surface area contributed by atoms with E-state index in [9.17, 15) is 9.90 Å². The van der Waals surface area contributed by atoms with Gasteiger partial charge in [0.2, 0.25) is 0 Å². The molecule has 0 spiro atoms. The fourth-order valence-electron chi connectivity index (χ4n) is 3.89. The van der Waals surface area contributed by atoms with Crippen molar-refractivity contribution in [3.05, 3.63) is 54.6 Å². The molecule has 1 unspecified atom stereocenters. The zero-order valence-corrected chi connectivity index (χ0v) is 17.4. The lowest BCUT2D eigenvalue weighted by Gasteiger charge is -2.36. The predicted molar refractivity (Wildman–Crippen MR) is 119 cm³/mol. The summed E-state index contributed by atoms with van der Waals surface area (Å²) < 4.78 is 0. The Balaban J connectivity index is 1.56. The number of benzene rings is 2. The van der Waals surface area contributed by atoms with Gasteiger partial charge >= 0.3 is 0 Å². The second-order valence-corrected chi connectivity index (χ2v) is 7.72. The predicted octanol–water partition coefficient (Wildman–Crippen LogP) is 3.50. The van der Waals surface area contributed by atoms with Gasteiger partial charge in [0.1, 0.15) is 11.9 Å². The van der Waals surface area contributed by atoms with E-state index < -0.39 is 6.10 Å². The molecule has 3 aromatic rings. The van der Waals surface area contributed by atoms with Crippen LogP contribution in [0.1, 0.15) is 26.2 Å². The summed E-state index contributed by atoms with van der Waals surface area (Å²) in [4.78, 5) is 26.2. The number of hydrogen-bond donors (Lipinski definition) is 1. The van der Waals surface area contributed by atoms with Crippen LogP contribution in [0.2, 0.25) is 0 Å². The van der Waals surface area contributed by atoms with Gasteiger partial charge in [-0.1, -0.05) is 62.2 Å². The molecule has 1 saturated heterocycles. The number of nitrogens with zero attached hydrogens (tertiary/aromatic N) is 4. The van der Waals surface area contributed by atoms with E-state index in [2.05, 4.69) is 11.8 Å². The fraction of sp³-hybridized carbons (Fsp3) is 0.375. The topological polar surface area (TPSA) is 69.6 Å². The molecule has 1 aromatic heterocycles. The number of amides is 1. The van der Waals surface area contributed by atoms with Crippen molar-refractivity contribution in [2.24, 2.45) is 0 Å². The Morgan fingerprint density at radius 3 is 2.43 bits per heavy atom. The van der Waals surface area contributed by atoms with E-state index in [-0.39, 0.29) is 5.91 Å². The summed E-state index contributed by atoms with van der Waals surface area (Å²) in [7, 11) is 0. The third-order valence-electron chi connectivity index (χ3n) is 5.62. The molecule has 2 aromatic carbocycles.